The van der Waals surface area contributed by atoms with E-state index in [2.05, 4.69) is 0 Å². The molecule has 7 heavy (non-hydrogen) atoms. The first kappa shape index (κ1) is 129. The summed E-state index contributed by atoms with van der Waals surface area (Å²) in [5, 5.41) is 0. The maximum absolute atomic E-state index is 0. The maximum atomic E-state index is 0. The van der Waals surface area contributed by atoms with E-state index in [0.717, 1.165) is 0 Å². The van der Waals surface area contributed by atoms with Gasteiger partial charge in [0.2, 0.25) is 0 Å². The van der Waals surface area contributed by atoms with Crippen LogP contribution in [0.15, 0.2) is 0 Å². The minimum atomic E-state index is 0. The molecule has 0 atom stereocenters. The fourth-order valence-corrected chi connectivity index (χ4v) is 0. The second kappa shape index (κ2) is 88.9. The van der Waals surface area contributed by atoms with Gasteiger partial charge in [-0.15, -0.1) is 0 Å². The first-order valence-electron chi connectivity index (χ1n) is 0. The van der Waals surface area contributed by atoms with Crippen LogP contribution in [0.3, 0.4) is 0 Å². The summed E-state index contributed by atoms with van der Waals surface area (Å²) in [6.07, 6.45) is 0. The van der Waals surface area contributed by atoms with E-state index in [4.69, 9.17) is 0 Å². The van der Waals surface area contributed by atoms with Crippen LogP contribution in [-0.4, -0.2) is 0 Å². The van der Waals surface area contributed by atoms with Gasteiger partial charge >= 0.3 is 39.9 Å². The van der Waals surface area contributed by atoms with Crippen molar-refractivity contribution in [2.24, 2.45) is 0 Å². The molecule has 0 amide bonds. The van der Waals surface area contributed by atoms with Crippen LogP contribution in [0.2, 0.25) is 0 Å². The Morgan fingerprint density at radius 2 is 0.429 bits per heavy atom. The second-order valence-electron chi connectivity index (χ2n) is 0. The Kier molecular flexibility index (Phi) is 1640. The molecular weight excluding hydrogens is 550 g/mol. The molecule has 5 nitrogen and oxygen atoms in total. The monoisotopic (exact) mass is 550 g/mol. The van der Waals surface area contributed by atoms with Crippen LogP contribution < -0.4 is 0 Å². The zero-order valence-corrected chi connectivity index (χ0v) is 11.3. The van der Waals surface area contributed by atoms with Gasteiger partial charge in [0.1, 0.15) is 0 Å². The smallest absolute Gasteiger partial charge is 2.00 e. The van der Waals surface area contributed by atoms with Gasteiger partial charge in [-0.3, -0.25) is 0 Å². The van der Waals surface area contributed by atoms with Crippen LogP contribution in [0.1, 0.15) is 0 Å². The molecule has 0 N–H and O–H groups in total. The Morgan fingerprint density at radius 3 is 0.429 bits per heavy atom. The molecule has 0 aromatic carbocycles. The Labute approximate surface area is 96.8 Å². The molecule has 0 aliphatic carbocycles. The van der Waals surface area contributed by atoms with E-state index in [1.54, 1.807) is 0 Å². The van der Waals surface area contributed by atoms with Crippen LogP contribution in [-0.2, 0) is 27.4 Å². The van der Waals surface area contributed by atoms with Gasteiger partial charge in [0.25, 0.3) is 0 Å². The summed E-state index contributed by atoms with van der Waals surface area (Å²) in [5.74, 6) is 0. The summed E-state index contributed by atoms with van der Waals surface area (Å²) in [4.78, 5) is 0. The first-order chi connectivity index (χ1) is 0. The van der Waals surface area contributed by atoms with Gasteiger partial charge < -0.3 is 27.4 Å². The van der Waals surface area contributed by atoms with Gasteiger partial charge in [-0.1, -0.05) is 0 Å². The largest absolute Gasteiger partial charge is 4.00 e. The summed E-state index contributed by atoms with van der Waals surface area (Å²) in [5.41, 5.74) is 0. The van der Waals surface area contributed by atoms with Gasteiger partial charge in [-0.2, -0.15) is 0 Å². The SMILES string of the molecule is [O-2].[O-2].[O-2].[O-2].[O-2].[Th+4].[U]. The average Bonchev–Trinajstić information content (AvgIpc) is 0. The summed E-state index contributed by atoms with van der Waals surface area (Å²) >= 11 is 0. The van der Waals surface area contributed by atoms with Gasteiger partial charge in [0.15, 0.2) is 0 Å². The Hall–Kier alpha value is 2.18. The van der Waals surface area contributed by atoms with Crippen molar-refractivity contribution in [2.45, 2.75) is 0 Å². The first-order valence-corrected chi connectivity index (χ1v) is 0. The van der Waals surface area contributed by atoms with Crippen molar-refractivity contribution < 1.29 is 98.4 Å². The molecule has 0 aromatic rings. The zero-order chi connectivity index (χ0) is 0. The molecule has 0 aromatic heterocycles. The third kappa shape index (κ3) is 65.8. The molecule has 0 aliphatic rings. The molecule has 0 rings (SSSR count). The number of rotatable bonds is 0. The van der Waals surface area contributed by atoms with Crippen molar-refractivity contribution in [1.29, 1.82) is 0 Å². The predicted octanol–water partition coefficient (Wildman–Crippen LogP) is -0.594. The molecule has 44 valence electrons. The van der Waals surface area contributed by atoms with E-state index < -0.39 is 0 Å². The quantitative estimate of drug-likeness (QED) is 0.380. The van der Waals surface area contributed by atoms with Crippen LogP contribution >= 0.6 is 0 Å². The van der Waals surface area contributed by atoms with Crippen LogP contribution in [0.25, 0.3) is 0 Å². The average molecular weight is 550 g/mol. The molecule has 0 bridgehead atoms. The minimum absolute atomic E-state index is 0. The predicted molar refractivity (Wildman–Crippen MR) is 3.43 cm³/mol. The van der Waals surface area contributed by atoms with E-state index in [-0.39, 0.29) is 98.4 Å². The van der Waals surface area contributed by atoms with Gasteiger partial charge in [0, 0.05) is 31.1 Å². The zero-order valence-electron chi connectivity index (χ0n) is 3.04. The third-order valence-corrected chi connectivity index (χ3v) is 0. The fraction of sp³-hybridized carbons (Fsp3) is 0. The molecule has 0 spiro atoms. The van der Waals surface area contributed by atoms with E-state index >= 15 is 0 Å². The van der Waals surface area contributed by atoms with Gasteiger partial charge in [-0.05, 0) is 0 Å². The van der Waals surface area contributed by atoms with Gasteiger partial charge in [-0.25, -0.2) is 0 Å². The van der Waals surface area contributed by atoms with Crippen molar-refractivity contribution in [1.82, 2.24) is 0 Å². The molecule has 0 fully saturated rings. The standard InChI is InChI=1S/5O.Th.U/q5*-2;+4;. The minimum Gasteiger partial charge on any atom is -2.00 e. The van der Waals surface area contributed by atoms with Crippen molar-refractivity contribution in [2.75, 3.05) is 0 Å². The normalized spacial score (nSPS) is 0. The molecule has 0 saturated carbocycles. The number of hydrogen-bond donors (Lipinski definition) is 0. The van der Waals surface area contributed by atoms with Crippen molar-refractivity contribution >= 4 is 0 Å². The summed E-state index contributed by atoms with van der Waals surface area (Å²) in [6.45, 7) is 0. The molecule has 0 aliphatic heterocycles. The van der Waals surface area contributed by atoms with Crippen molar-refractivity contribution in [3.63, 3.8) is 0 Å². The topological polar surface area (TPSA) is 142 Å². The van der Waals surface area contributed by atoms with Crippen LogP contribution in [0.4, 0.5) is 0 Å². The fourth-order valence-electron chi connectivity index (χ4n) is 0. The molecular formula is O5ThU-6. The van der Waals surface area contributed by atoms with Crippen LogP contribution in [0.5, 0.6) is 0 Å². The Bertz CT molecular complexity index is 8.04. The second-order valence-corrected chi connectivity index (χ2v) is 0. The molecule has 7 heteroatoms. The molecule has 0 heterocycles. The molecule has 0 saturated heterocycles. The van der Waals surface area contributed by atoms with Gasteiger partial charge in [0.05, 0.1) is 0 Å². The number of hydrogen-bond acceptors (Lipinski definition) is 0. The van der Waals surface area contributed by atoms with E-state index in [1.807, 2.05) is 0 Å². The maximum Gasteiger partial charge on any atom is 4.00 e. The van der Waals surface area contributed by atoms with Crippen molar-refractivity contribution in [3.8, 4) is 0 Å². The Balaban J connectivity index is 0. The van der Waals surface area contributed by atoms with E-state index in [0.29, 0.717) is 0 Å². The Morgan fingerprint density at radius 1 is 0.429 bits per heavy atom. The van der Waals surface area contributed by atoms with E-state index in [9.17, 15) is 0 Å². The third-order valence-electron chi connectivity index (χ3n) is 0. The summed E-state index contributed by atoms with van der Waals surface area (Å²) in [7, 11) is 0. The van der Waals surface area contributed by atoms with E-state index in [1.165, 1.54) is 0 Å². The summed E-state index contributed by atoms with van der Waals surface area (Å²) < 4.78 is 0. The summed E-state index contributed by atoms with van der Waals surface area (Å²) in [6, 6.07) is 0. The van der Waals surface area contributed by atoms with Crippen LogP contribution in [0, 0.1) is 71.1 Å². The van der Waals surface area contributed by atoms with Crippen molar-refractivity contribution in [3.05, 3.63) is 0 Å². The molecule has 0 radical (unpaired) electrons. The molecule has 0 unspecified atom stereocenters.